The van der Waals surface area contributed by atoms with Crippen molar-refractivity contribution >= 4 is 58.2 Å². The molecule has 8 nitrogen and oxygen atoms in total. The molecule has 4 rings (SSSR count). The van der Waals surface area contributed by atoms with Crippen LogP contribution in [0.15, 0.2) is 72.9 Å². The zero-order valence-electron chi connectivity index (χ0n) is 21.5. The van der Waals surface area contributed by atoms with Crippen LogP contribution in [0.2, 0.25) is 5.02 Å². The van der Waals surface area contributed by atoms with Gasteiger partial charge in [-0.25, -0.2) is 9.97 Å². The number of fused-ring (bicyclic) bond motifs is 1. The van der Waals surface area contributed by atoms with Crippen molar-refractivity contribution in [1.82, 2.24) is 20.2 Å². The summed E-state index contributed by atoms with van der Waals surface area (Å²) >= 11 is 6.23. The Morgan fingerprint density at radius 3 is 2.61 bits per heavy atom. The van der Waals surface area contributed by atoms with Crippen LogP contribution in [0, 0.1) is 0 Å². The molecule has 0 aliphatic heterocycles. The molecule has 0 aliphatic rings. The van der Waals surface area contributed by atoms with Gasteiger partial charge in [0.25, 0.3) is 0 Å². The average Bonchev–Trinajstić information content (AvgIpc) is 2.90. The van der Waals surface area contributed by atoms with E-state index >= 15 is 0 Å². The maximum absolute atomic E-state index is 11.9. The summed E-state index contributed by atoms with van der Waals surface area (Å²) in [4.78, 5) is 36.0. The number of amides is 2. The Hall–Kier alpha value is -4.27. The first-order valence-electron chi connectivity index (χ1n) is 12.0. The van der Waals surface area contributed by atoms with Crippen molar-refractivity contribution < 1.29 is 9.59 Å². The molecule has 194 valence electrons. The summed E-state index contributed by atoms with van der Waals surface area (Å²) in [6.07, 6.45) is 5.17. The highest BCUT2D eigenvalue weighted by atomic mass is 35.5. The normalized spacial score (nSPS) is 11.2. The van der Waals surface area contributed by atoms with Gasteiger partial charge in [0.1, 0.15) is 0 Å². The molecule has 1 heterocycles. The van der Waals surface area contributed by atoms with Crippen LogP contribution in [0.1, 0.15) is 5.56 Å². The lowest BCUT2D eigenvalue weighted by atomic mass is 10.0. The maximum atomic E-state index is 11.9. The van der Waals surface area contributed by atoms with Gasteiger partial charge in [-0.15, -0.1) is 0 Å². The van der Waals surface area contributed by atoms with E-state index in [2.05, 4.69) is 25.4 Å². The quantitative estimate of drug-likeness (QED) is 0.222. The maximum Gasteiger partial charge on any atom is 0.250 e. The molecule has 9 heteroatoms. The van der Waals surface area contributed by atoms with Crippen molar-refractivity contribution in [2.45, 2.75) is 0 Å². The lowest BCUT2D eigenvalue weighted by Gasteiger charge is -2.24. The van der Waals surface area contributed by atoms with Gasteiger partial charge in [-0.1, -0.05) is 41.9 Å². The van der Waals surface area contributed by atoms with Crippen LogP contribution >= 0.6 is 11.6 Å². The molecule has 0 fully saturated rings. The van der Waals surface area contributed by atoms with E-state index in [1.54, 1.807) is 12.3 Å². The Bertz CT molecular complexity index is 1490. The highest BCUT2D eigenvalue weighted by Crippen LogP contribution is 2.30. The number of nitrogens with zero attached hydrogens (tertiary/aromatic N) is 4. The summed E-state index contributed by atoms with van der Waals surface area (Å²) in [6.45, 7) is 1.66. The molecule has 0 radical (unpaired) electrons. The van der Waals surface area contributed by atoms with E-state index in [0.717, 1.165) is 52.1 Å². The van der Waals surface area contributed by atoms with Crippen LogP contribution in [0.4, 0.5) is 17.3 Å². The number of benzene rings is 3. The van der Waals surface area contributed by atoms with Crippen LogP contribution in [-0.2, 0) is 9.59 Å². The number of para-hydroxylation sites is 1. The van der Waals surface area contributed by atoms with Gasteiger partial charge in [-0.3, -0.25) is 14.9 Å². The topological polar surface area (TPSA) is 90.5 Å². The van der Waals surface area contributed by atoms with Crippen LogP contribution in [0.25, 0.3) is 28.1 Å². The van der Waals surface area contributed by atoms with Crippen LogP contribution in [-0.4, -0.2) is 61.4 Å². The Morgan fingerprint density at radius 2 is 1.84 bits per heavy atom. The fraction of sp³-hybridized carbons (Fsp3) is 0.172. The zero-order valence-corrected chi connectivity index (χ0v) is 22.2. The Kier molecular flexibility index (Phi) is 8.68. The molecule has 0 spiro atoms. The first-order valence-corrected chi connectivity index (χ1v) is 12.4. The third-order valence-corrected chi connectivity index (χ3v) is 6.17. The summed E-state index contributed by atoms with van der Waals surface area (Å²) in [5.74, 6) is -0.0546. The van der Waals surface area contributed by atoms with Gasteiger partial charge >= 0.3 is 0 Å². The average molecular weight is 529 g/mol. The second kappa shape index (κ2) is 12.3. The second-order valence-corrected chi connectivity index (χ2v) is 9.47. The van der Waals surface area contributed by atoms with Crippen molar-refractivity contribution in [1.29, 1.82) is 0 Å². The number of carbonyl (C=O) groups excluding carboxylic acids is 2. The Morgan fingerprint density at radius 1 is 1.03 bits per heavy atom. The SMILES string of the molecule is CN(C)CCN(C)c1ccc(Nc2ncc3cccc(-c4cccc(Cl)c4)c3n2)cc1C=CC(=O)NC=O. The van der Waals surface area contributed by atoms with Crippen molar-refractivity contribution in [3.63, 3.8) is 0 Å². The molecule has 38 heavy (non-hydrogen) atoms. The smallest absolute Gasteiger partial charge is 0.250 e. The number of anilines is 3. The number of hydrogen-bond acceptors (Lipinski definition) is 7. The number of likely N-dealkylation sites (N-methyl/N-ethyl adjacent to an activating group) is 2. The summed E-state index contributed by atoms with van der Waals surface area (Å²) in [6, 6.07) is 19.5. The van der Waals surface area contributed by atoms with Gasteiger partial charge in [0.15, 0.2) is 0 Å². The van der Waals surface area contributed by atoms with Crippen molar-refractivity contribution in [3.05, 3.63) is 83.5 Å². The fourth-order valence-corrected chi connectivity index (χ4v) is 4.18. The van der Waals surface area contributed by atoms with Crippen molar-refractivity contribution in [2.75, 3.05) is 44.4 Å². The Balaban J connectivity index is 1.67. The van der Waals surface area contributed by atoms with E-state index < -0.39 is 5.91 Å². The molecule has 4 aromatic rings. The third kappa shape index (κ3) is 6.73. The number of hydrogen-bond donors (Lipinski definition) is 2. The molecule has 0 saturated heterocycles. The first kappa shape index (κ1) is 26.8. The minimum Gasteiger partial charge on any atom is -0.373 e. The molecule has 2 amide bonds. The van der Waals surface area contributed by atoms with Gasteiger partial charge < -0.3 is 15.1 Å². The van der Waals surface area contributed by atoms with Gasteiger partial charge in [0.05, 0.1) is 5.52 Å². The monoisotopic (exact) mass is 528 g/mol. The van der Waals surface area contributed by atoms with Crippen molar-refractivity contribution in [3.8, 4) is 11.1 Å². The Labute approximate surface area is 227 Å². The van der Waals surface area contributed by atoms with E-state index in [-0.39, 0.29) is 0 Å². The van der Waals surface area contributed by atoms with E-state index in [4.69, 9.17) is 16.6 Å². The summed E-state index contributed by atoms with van der Waals surface area (Å²) in [5.41, 5.74) is 5.23. The molecule has 2 N–H and O–H groups in total. The molecule has 1 aromatic heterocycles. The molecule has 0 aliphatic carbocycles. The van der Waals surface area contributed by atoms with Gasteiger partial charge in [-0.2, -0.15) is 0 Å². The summed E-state index contributed by atoms with van der Waals surface area (Å²) in [5, 5.41) is 6.99. The number of halogens is 1. The third-order valence-electron chi connectivity index (χ3n) is 5.94. The highest BCUT2D eigenvalue weighted by Gasteiger charge is 2.11. The number of imide groups is 1. The highest BCUT2D eigenvalue weighted by molar-refractivity contribution is 6.30. The zero-order chi connectivity index (χ0) is 27.1. The minimum atomic E-state index is -0.494. The number of rotatable bonds is 10. The van der Waals surface area contributed by atoms with E-state index in [9.17, 15) is 9.59 Å². The predicted octanol–water partition coefficient (Wildman–Crippen LogP) is 4.98. The van der Waals surface area contributed by atoms with Gasteiger partial charge in [-0.05, 0) is 56.1 Å². The minimum absolute atomic E-state index is 0.365. The number of nitrogens with one attached hydrogen (secondary N) is 2. The first-order chi connectivity index (χ1) is 18.3. The molecular formula is C29H29ClN6O2. The lowest BCUT2D eigenvalue weighted by molar-refractivity contribution is -0.121. The summed E-state index contributed by atoms with van der Waals surface area (Å²) < 4.78 is 0. The lowest BCUT2D eigenvalue weighted by Crippen LogP contribution is -2.28. The van der Waals surface area contributed by atoms with E-state index in [1.807, 2.05) is 81.8 Å². The predicted molar refractivity (Wildman–Crippen MR) is 155 cm³/mol. The van der Waals surface area contributed by atoms with E-state index in [1.165, 1.54) is 6.08 Å². The van der Waals surface area contributed by atoms with E-state index in [0.29, 0.717) is 17.4 Å². The molecule has 3 aromatic carbocycles. The molecule has 0 saturated carbocycles. The number of carbonyl (C=O) groups is 2. The molecule has 0 atom stereocenters. The fourth-order valence-electron chi connectivity index (χ4n) is 3.99. The second-order valence-electron chi connectivity index (χ2n) is 9.03. The van der Waals surface area contributed by atoms with Gasteiger partial charge in [0.2, 0.25) is 18.3 Å². The standard InChI is InChI=1S/C29H29ClN6O2/c1-35(2)14-15-36(3)26-12-11-24(17-21(26)10-13-27(38)32-19-37)33-29-31-18-22-7-5-9-25(28(22)34-29)20-6-4-8-23(30)16-20/h4-13,16-19H,14-15H2,1-3H3,(H,31,33,34)(H,32,37,38). The van der Waals surface area contributed by atoms with Crippen LogP contribution in [0.3, 0.4) is 0 Å². The largest absolute Gasteiger partial charge is 0.373 e. The van der Waals surface area contributed by atoms with Gasteiger partial charge in [0, 0.05) is 65.3 Å². The number of aromatic nitrogens is 2. The molecule has 0 bridgehead atoms. The summed E-state index contributed by atoms with van der Waals surface area (Å²) in [7, 11) is 6.04. The van der Waals surface area contributed by atoms with Crippen LogP contribution in [0.5, 0.6) is 0 Å². The molecule has 0 unspecified atom stereocenters. The van der Waals surface area contributed by atoms with Crippen molar-refractivity contribution in [2.24, 2.45) is 0 Å². The molecular weight excluding hydrogens is 500 g/mol. The van der Waals surface area contributed by atoms with Crippen LogP contribution < -0.4 is 15.5 Å².